The van der Waals surface area contributed by atoms with Gasteiger partial charge in [-0.1, -0.05) is 27.7 Å². The maximum absolute atomic E-state index is 5.78. The fourth-order valence-corrected chi connectivity index (χ4v) is 3.28. The Kier molecular flexibility index (Phi) is 3.84. The molecule has 17 heavy (non-hydrogen) atoms. The number of ether oxygens (including phenoxy) is 1. The Morgan fingerprint density at radius 3 is 2.35 bits per heavy atom. The monoisotopic (exact) mass is 239 g/mol. The molecule has 0 aromatic carbocycles. The van der Waals surface area contributed by atoms with E-state index in [1.165, 1.54) is 19.3 Å². The van der Waals surface area contributed by atoms with E-state index in [0.29, 0.717) is 17.6 Å². The van der Waals surface area contributed by atoms with Gasteiger partial charge in [-0.3, -0.25) is 0 Å². The summed E-state index contributed by atoms with van der Waals surface area (Å²) in [7, 11) is 0. The molecule has 0 aliphatic heterocycles. The molecule has 1 N–H and O–H groups in total. The lowest BCUT2D eigenvalue weighted by atomic mass is 9.63. The molecule has 0 heterocycles. The quantitative estimate of drug-likeness (QED) is 0.795. The lowest BCUT2D eigenvalue weighted by molar-refractivity contribution is -0.120. The van der Waals surface area contributed by atoms with E-state index in [1.807, 2.05) is 0 Å². The third-order valence-electron chi connectivity index (χ3n) is 5.10. The second-order valence-electron chi connectivity index (χ2n) is 6.89. The maximum atomic E-state index is 5.78. The van der Waals surface area contributed by atoms with Crippen molar-refractivity contribution < 1.29 is 4.74 Å². The molecule has 2 fully saturated rings. The summed E-state index contributed by atoms with van der Waals surface area (Å²) < 4.78 is 5.78. The van der Waals surface area contributed by atoms with E-state index in [4.69, 9.17) is 4.74 Å². The highest BCUT2D eigenvalue weighted by atomic mass is 16.5. The van der Waals surface area contributed by atoms with E-state index in [9.17, 15) is 0 Å². The fourth-order valence-electron chi connectivity index (χ4n) is 3.28. The molecule has 2 aliphatic rings. The Hall–Kier alpha value is -0.0800. The number of rotatable bonds is 5. The summed E-state index contributed by atoms with van der Waals surface area (Å²) >= 11 is 0. The van der Waals surface area contributed by atoms with Crippen molar-refractivity contribution in [2.24, 2.45) is 17.3 Å². The van der Waals surface area contributed by atoms with Crippen molar-refractivity contribution in [2.75, 3.05) is 6.61 Å². The van der Waals surface area contributed by atoms with Crippen LogP contribution in [0.3, 0.4) is 0 Å². The largest absolute Gasteiger partial charge is 0.378 e. The molecule has 0 radical (unpaired) electrons. The van der Waals surface area contributed by atoms with Crippen molar-refractivity contribution in [3.8, 4) is 0 Å². The van der Waals surface area contributed by atoms with Crippen molar-refractivity contribution in [1.82, 2.24) is 5.32 Å². The summed E-state index contributed by atoms with van der Waals surface area (Å²) in [5, 5.41) is 3.84. The molecule has 2 atom stereocenters. The van der Waals surface area contributed by atoms with E-state index < -0.39 is 0 Å². The highest BCUT2D eigenvalue weighted by Gasteiger charge is 2.50. The average molecular weight is 239 g/mol. The molecule has 2 saturated carbocycles. The maximum Gasteiger partial charge on any atom is 0.0655 e. The summed E-state index contributed by atoms with van der Waals surface area (Å²) in [5.41, 5.74) is 0.318. The van der Waals surface area contributed by atoms with E-state index in [-0.39, 0.29) is 0 Å². The van der Waals surface area contributed by atoms with Crippen LogP contribution in [0.25, 0.3) is 0 Å². The topological polar surface area (TPSA) is 21.3 Å². The van der Waals surface area contributed by atoms with Crippen LogP contribution in [0, 0.1) is 17.3 Å². The lowest BCUT2D eigenvalue weighted by Gasteiger charge is -2.54. The second kappa shape index (κ2) is 4.89. The first kappa shape index (κ1) is 13.4. The van der Waals surface area contributed by atoms with Gasteiger partial charge in [0.25, 0.3) is 0 Å². The summed E-state index contributed by atoms with van der Waals surface area (Å²) in [6.07, 6.45) is 4.42. The van der Waals surface area contributed by atoms with Gasteiger partial charge in [-0.25, -0.2) is 0 Å². The molecule has 0 aromatic rings. The molecule has 0 aromatic heterocycles. The second-order valence-corrected chi connectivity index (χ2v) is 6.89. The van der Waals surface area contributed by atoms with Crippen molar-refractivity contribution in [1.29, 1.82) is 0 Å². The Bertz CT molecular complexity index is 256. The summed E-state index contributed by atoms with van der Waals surface area (Å²) in [6.45, 7) is 12.3. The van der Waals surface area contributed by atoms with Crippen LogP contribution in [0.15, 0.2) is 0 Å². The zero-order valence-corrected chi connectivity index (χ0v) is 12.1. The molecule has 2 heteroatoms. The van der Waals surface area contributed by atoms with Crippen LogP contribution < -0.4 is 5.32 Å². The minimum absolute atomic E-state index is 0.318. The summed E-state index contributed by atoms with van der Waals surface area (Å²) in [5.74, 6) is 1.82. The first-order valence-electron chi connectivity index (χ1n) is 7.32. The predicted molar refractivity (Wildman–Crippen MR) is 72.1 cm³/mol. The zero-order chi connectivity index (χ0) is 12.6. The Labute approximate surface area is 107 Å². The van der Waals surface area contributed by atoms with Crippen LogP contribution in [-0.4, -0.2) is 24.8 Å². The Morgan fingerprint density at radius 2 is 1.88 bits per heavy atom. The van der Waals surface area contributed by atoms with Crippen molar-refractivity contribution in [3.63, 3.8) is 0 Å². The van der Waals surface area contributed by atoms with Gasteiger partial charge in [0.05, 0.1) is 6.10 Å². The highest BCUT2D eigenvalue weighted by molar-refractivity contribution is 5.05. The van der Waals surface area contributed by atoms with Gasteiger partial charge in [-0.15, -0.1) is 0 Å². The van der Waals surface area contributed by atoms with Crippen molar-refractivity contribution in [2.45, 2.75) is 72.1 Å². The molecular formula is C15H29NO. The highest BCUT2D eigenvalue weighted by Crippen LogP contribution is 2.44. The summed E-state index contributed by atoms with van der Waals surface area (Å²) in [4.78, 5) is 0. The molecular weight excluding hydrogens is 210 g/mol. The van der Waals surface area contributed by atoms with Crippen LogP contribution in [0.5, 0.6) is 0 Å². The van der Waals surface area contributed by atoms with Crippen molar-refractivity contribution in [3.05, 3.63) is 0 Å². The van der Waals surface area contributed by atoms with Gasteiger partial charge < -0.3 is 10.1 Å². The van der Waals surface area contributed by atoms with Gasteiger partial charge in [-0.05, 0) is 38.0 Å². The third-order valence-corrected chi connectivity index (χ3v) is 5.10. The summed E-state index contributed by atoms with van der Waals surface area (Å²) in [6, 6.07) is 1.44. The zero-order valence-electron chi connectivity index (χ0n) is 12.1. The van der Waals surface area contributed by atoms with Gasteiger partial charge in [-0.2, -0.15) is 0 Å². The smallest absolute Gasteiger partial charge is 0.0655 e. The molecule has 2 aliphatic carbocycles. The SMILES string of the molecule is CCOC1CC(NC2CC(C(C)C)C2)C1(C)C. The standard InChI is InChI=1S/C15H29NO/c1-6-17-14-9-13(15(14,4)5)16-12-7-11(8-12)10(2)3/h10-14,16H,6-9H2,1-5H3. The normalized spacial score (nSPS) is 39.9. The van der Waals surface area contributed by atoms with Gasteiger partial charge in [0, 0.05) is 24.1 Å². The number of hydrogen-bond acceptors (Lipinski definition) is 2. The van der Waals surface area contributed by atoms with Gasteiger partial charge in [0.1, 0.15) is 0 Å². The van der Waals surface area contributed by atoms with Crippen LogP contribution in [0.1, 0.15) is 53.9 Å². The van der Waals surface area contributed by atoms with Crippen molar-refractivity contribution >= 4 is 0 Å². The minimum Gasteiger partial charge on any atom is -0.378 e. The average Bonchev–Trinajstić information content (AvgIpc) is 2.18. The van der Waals surface area contributed by atoms with Crippen LogP contribution in [-0.2, 0) is 4.74 Å². The van der Waals surface area contributed by atoms with Gasteiger partial charge >= 0.3 is 0 Å². The molecule has 2 rings (SSSR count). The van der Waals surface area contributed by atoms with E-state index in [2.05, 4.69) is 39.9 Å². The molecule has 0 saturated heterocycles. The molecule has 2 unspecified atom stereocenters. The molecule has 100 valence electrons. The van der Waals surface area contributed by atoms with Gasteiger partial charge in [0.2, 0.25) is 0 Å². The molecule has 0 spiro atoms. The van der Waals surface area contributed by atoms with Crippen LogP contribution >= 0.6 is 0 Å². The van der Waals surface area contributed by atoms with Gasteiger partial charge in [0.15, 0.2) is 0 Å². The van der Waals surface area contributed by atoms with E-state index in [0.717, 1.165) is 24.5 Å². The molecule has 0 bridgehead atoms. The Morgan fingerprint density at radius 1 is 1.24 bits per heavy atom. The van der Waals surface area contributed by atoms with Crippen LogP contribution in [0.2, 0.25) is 0 Å². The van der Waals surface area contributed by atoms with E-state index >= 15 is 0 Å². The first-order chi connectivity index (χ1) is 7.95. The van der Waals surface area contributed by atoms with Crippen LogP contribution in [0.4, 0.5) is 0 Å². The first-order valence-corrected chi connectivity index (χ1v) is 7.32. The Balaban J connectivity index is 1.72. The number of nitrogens with one attached hydrogen (secondary N) is 1. The molecule has 2 nitrogen and oxygen atoms in total. The minimum atomic E-state index is 0.318. The van der Waals surface area contributed by atoms with E-state index in [1.54, 1.807) is 0 Å². The predicted octanol–water partition coefficient (Wildman–Crippen LogP) is 3.21. The number of hydrogen-bond donors (Lipinski definition) is 1. The molecule has 0 amide bonds. The third kappa shape index (κ3) is 2.53. The lowest BCUT2D eigenvalue weighted by Crippen LogP contribution is -2.64. The fraction of sp³-hybridized carbons (Fsp3) is 1.00.